The van der Waals surface area contributed by atoms with E-state index in [-0.39, 0.29) is 5.52 Å². The van der Waals surface area contributed by atoms with Gasteiger partial charge in [0.05, 0.1) is 16.8 Å². The molecule has 0 fully saturated rings. The minimum atomic E-state index is -4.06. The van der Waals surface area contributed by atoms with Crippen molar-refractivity contribution < 1.29 is 22.7 Å². The van der Waals surface area contributed by atoms with Gasteiger partial charge >= 0.3 is 5.92 Å². The molecular formula is C17H10BrF4N5OS. The molecule has 2 aromatic heterocycles. The topological polar surface area (TPSA) is 76.7 Å². The normalized spacial score (nSPS) is 14.3. The van der Waals surface area contributed by atoms with Crippen LogP contribution in [-0.4, -0.2) is 30.3 Å². The summed E-state index contributed by atoms with van der Waals surface area (Å²) in [7, 11) is 0. The third kappa shape index (κ3) is 3.40. The van der Waals surface area contributed by atoms with Crippen LogP contribution in [0.2, 0.25) is 0 Å². The van der Waals surface area contributed by atoms with E-state index in [1.54, 1.807) is 12.1 Å². The Morgan fingerprint density at radius 1 is 1.14 bits per heavy atom. The minimum absolute atomic E-state index is 0.289. The summed E-state index contributed by atoms with van der Waals surface area (Å²) in [5.41, 5.74) is -3.66. The van der Waals surface area contributed by atoms with Gasteiger partial charge in [-0.3, -0.25) is 0 Å². The number of tetrazole rings is 1. The Morgan fingerprint density at radius 3 is 2.62 bits per heavy atom. The summed E-state index contributed by atoms with van der Waals surface area (Å²) in [6, 6.07) is 6.75. The van der Waals surface area contributed by atoms with Crippen LogP contribution in [0.3, 0.4) is 0 Å². The highest BCUT2D eigenvalue weighted by Crippen LogP contribution is 2.49. The van der Waals surface area contributed by atoms with E-state index in [2.05, 4.69) is 36.4 Å². The molecule has 1 N–H and O–H groups in total. The van der Waals surface area contributed by atoms with Crippen LogP contribution in [0.15, 0.2) is 47.2 Å². The van der Waals surface area contributed by atoms with Crippen LogP contribution in [0.4, 0.5) is 17.6 Å². The van der Waals surface area contributed by atoms with Gasteiger partial charge in [0.1, 0.15) is 18.0 Å². The van der Waals surface area contributed by atoms with E-state index in [4.69, 9.17) is 0 Å². The van der Waals surface area contributed by atoms with Crippen molar-refractivity contribution in [3.63, 3.8) is 0 Å². The molecule has 2 aromatic carbocycles. The Balaban J connectivity index is 1.90. The van der Waals surface area contributed by atoms with Crippen molar-refractivity contribution >= 4 is 37.5 Å². The largest absolute Gasteiger partial charge is 0.377 e. The fourth-order valence-corrected chi connectivity index (χ4v) is 4.44. The summed E-state index contributed by atoms with van der Waals surface area (Å²) in [6.07, 6.45) is 0.998. The molecule has 0 aliphatic rings. The van der Waals surface area contributed by atoms with Gasteiger partial charge in [0, 0.05) is 16.1 Å². The van der Waals surface area contributed by atoms with Gasteiger partial charge in [-0.15, -0.1) is 16.4 Å². The number of aromatic nitrogens is 5. The first-order valence-electron chi connectivity index (χ1n) is 8.04. The molecule has 150 valence electrons. The van der Waals surface area contributed by atoms with Crippen molar-refractivity contribution in [2.24, 2.45) is 0 Å². The molecule has 0 aliphatic carbocycles. The van der Waals surface area contributed by atoms with Crippen LogP contribution >= 0.6 is 27.3 Å². The van der Waals surface area contributed by atoms with Crippen LogP contribution in [0.1, 0.15) is 10.6 Å². The molecule has 0 bridgehead atoms. The quantitative estimate of drug-likeness (QED) is 0.430. The van der Waals surface area contributed by atoms with E-state index in [0.29, 0.717) is 26.6 Å². The monoisotopic (exact) mass is 487 g/mol. The second-order valence-electron chi connectivity index (χ2n) is 6.20. The number of thiazole rings is 1. The number of alkyl halides is 2. The maximum Gasteiger partial charge on any atom is 0.332 e. The van der Waals surface area contributed by atoms with E-state index in [0.717, 1.165) is 23.1 Å². The lowest BCUT2D eigenvalue weighted by Crippen LogP contribution is -2.47. The molecular weight excluding hydrogens is 478 g/mol. The van der Waals surface area contributed by atoms with E-state index in [1.165, 1.54) is 6.07 Å². The zero-order valence-electron chi connectivity index (χ0n) is 14.2. The van der Waals surface area contributed by atoms with Crippen molar-refractivity contribution in [2.75, 3.05) is 0 Å². The first-order chi connectivity index (χ1) is 13.7. The maximum atomic E-state index is 15.6. The third-order valence-corrected chi connectivity index (χ3v) is 5.88. The van der Waals surface area contributed by atoms with Gasteiger partial charge < -0.3 is 5.11 Å². The summed E-state index contributed by atoms with van der Waals surface area (Å²) in [5, 5.41) is 20.5. The average molecular weight is 488 g/mol. The standard InChI is InChI=1S/C17H10BrF4N5OS/c18-9-1-4-13-14(5-9)29-15(24-13)17(21,22)16(28,7-27-8-23-25-26-27)11-3-2-10(19)6-12(11)20/h1-6,8,28H,7H2. The Morgan fingerprint density at radius 2 is 1.93 bits per heavy atom. The number of benzene rings is 2. The third-order valence-electron chi connectivity index (χ3n) is 4.30. The lowest BCUT2D eigenvalue weighted by Gasteiger charge is -2.34. The number of hydrogen-bond acceptors (Lipinski definition) is 6. The van der Waals surface area contributed by atoms with Crippen molar-refractivity contribution in [3.05, 3.63) is 69.4 Å². The van der Waals surface area contributed by atoms with Crippen molar-refractivity contribution in [3.8, 4) is 0 Å². The molecule has 4 rings (SSSR count). The summed E-state index contributed by atoms with van der Waals surface area (Å²) < 4.78 is 61.0. The highest BCUT2D eigenvalue weighted by Gasteiger charge is 2.59. The van der Waals surface area contributed by atoms with Gasteiger partial charge in [-0.2, -0.15) is 8.78 Å². The van der Waals surface area contributed by atoms with Gasteiger partial charge in [-0.1, -0.05) is 15.9 Å². The van der Waals surface area contributed by atoms with Crippen molar-refractivity contribution in [2.45, 2.75) is 18.1 Å². The summed E-state index contributed by atoms with van der Waals surface area (Å²) in [5.74, 6) is -6.36. The molecule has 2 heterocycles. The Kier molecular flexibility index (Phi) is 4.87. The summed E-state index contributed by atoms with van der Waals surface area (Å²) in [6.45, 7) is -0.894. The first-order valence-corrected chi connectivity index (χ1v) is 9.65. The molecule has 12 heteroatoms. The van der Waals surface area contributed by atoms with Crippen LogP contribution in [0, 0.1) is 11.6 Å². The second kappa shape index (κ2) is 7.11. The number of rotatable bonds is 5. The maximum absolute atomic E-state index is 15.6. The summed E-state index contributed by atoms with van der Waals surface area (Å²) in [4.78, 5) is 3.92. The molecule has 0 radical (unpaired) electrons. The Bertz CT molecular complexity index is 1190. The van der Waals surface area contributed by atoms with Gasteiger partial charge in [-0.05, 0) is 40.8 Å². The molecule has 29 heavy (non-hydrogen) atoms. The van der Waals surface area contributed by atoms with E-state index in [1.807, 2.05) is 0 Å². The van der Waals surface area contributed by atoms with Crippen molar-refractivity contribution in [1.29, 1.82) is 0 Å². The number of halogens is 5. The molecule has 6 nitrogen and oxygen atoms in total. The predicted molar refractivity (Wildman–Crippen MR) is 99.3 cm³/mol. The molecule has 1 unspecified atom stereocenters. The first kappa shape index (κ1) is 19.9. The van der Waals surface area contributed by atoms with Gasteiger partial charge in [-0.25, -0.2) is 18.4 Å². The smallest absolute Gasteiger partial charge is 0.332 e. The van der Waals surface area contributed by atoms with Crippen LogP contribution in [0.25, 0.3) is 10.2 Å². The lowest BCUT2D eigenvalue weighted by molar-refractivity contribution is -0.205. The highest BCUT2D eigenvalue weighted by atomic mass is 79.9. The lowest BCUT2D eigenvalue weighted by atomic mass is 9.86. The van der Waals surface area contributed by atoms with Gasteiger partial charge in [0.25, 0.3) is 0 Å². The second-order valence-corrected chi connectivity index (χ2v) is 8.14. The van der Waals surface area contributed by atoms with Crippen LogP contribution in [0.5, 0.6) is 0 Å². The fourth-order valence-electron chi connectivity index (χ4n) is 2.88. The fraction of sp³-hybridized carbons (Fsp3) is 0.176. The minimum Gasteiger partial charge on any atom is -0.377 e. The highest BCUT2D eigenvalue weighted by molar-refractivity contribution is 9.10. The Hall–Kier alpha value is -2.44. The van der Waals surface area contributed by atoms with E-state index in [9.17, 15) is 13.9 Å². The number of hydrogen-bond donors (Lipinski definition) is 1. The number of nitrogens with zero attached hydrogens (tertiary/aromatic N) is 5. The average Bonchev–Trinajstić information content (AvgIpc) is 3.30. The molecule has 0 aliphatic heterocycles. The molecule has 0 saturated carbocycles. The van der Waals surface area contributed by atoms with Gasteiger partial charge in [0.2, 0.25) is 0 Å². The molecule has 4 aromatic rings. The summed E-state index contributed by atoms with van der Waals surface area (Å²) >= 11 is 3.91. The molecule has 0 spiro atoms. The zero-order valence-corrected chi connectivity index (χ0v) is 16.6. The Labute approximate surface area is 172 Å². The van der Waals surface area contributed by atoms with E-state index < -0.39 is 40.3 Å². The van der Waals surface area contributed by atoms with E-state index >= 15 is 8.78 Å². The van der Waals surface area contributed by atoms with Crippen molar-refractivity contribution in [1.82, 2.24) is 25.2 Å². The zero-order chi connectivity index (χ0) is 20.8. The van der Waals surface area contributed by atoms with Crippen LogP contribution < -0.4 is 0 Å². The molecule has 0 saturated heterocycles. The van der Waals surface area contributed by atoms with Crippen LogP contribution in [-0.2, 0) is 18.1 Å². The number of aliphatic hydroxyl groups is 1. The number of fused-ring (bicyclic) bond motifs is 1. The molecule has 0 amide bonds. The predicted octanol–water partition coefficient (Wildman–Crippen LogP) is 4.00. The SMILES string of the molecule is OC(Cn1cnnn1)(c1ccc(F)cc1F)C(F)(F)c1nc2ccc(Br)cc2s1. The molecule has 1 atom stereocenters. The van der Waals surface area contributed by atoms with Gasteiger partial charge in [0.15, 0.2) is 10.6 Å².